The summed E-state index contributed by atoms with van der Waals surface area (Å²) in [6.07, 6.45) is 1.35. The number of piperidine rings is 1. The minimum absolute atomic E-state index is 0.142. The van der Waals surface area contributed by atoms with E-state index in [2.05, 4.69) is 5.32 Å². The Kier molecular flexibility index (Phi) is 4.26. The van der Waals surface area contributed by atoms with Gasteiger partial charge in [-0.3, -0.25) is 4.79 Å². The standard InChI is InChI=1S/C9H15N3O3S/c1-11-9(13)8-3-2-5-12(7-8)16(14,15)6-4-10/h8H,2-3,5-7H2,1H3,(H,11,13). The fourth-order valence-electron chi connectivity index (χ4n) is 1.79. The zero-order chi connectivity index (χ0) is 12.2. The lowest BCUT2D eigenvalue weighted by Gasteiger charge is -2.30. The molecule has 1 aliphatic heterocycles. The van der Waals surface area contributed by atoms with Gasteiger partial charge in [-0.1, -0.05) is 0 Å². The van der Waals surface area contributed by atoms with E-state index in [0.29, 0.717) is 19.4 Å². The summed E-state index contributed by atoms with van der Waals surface area (Å²) in [5.74, 6) is -0.961. The van der Waals surface area contributed by atoms with Gasteiger partial charge in [0.05, 0.1) is 12.0 Å². The first-order chi connectivity index (χ1) is 7.51. The molecule has 0 spiro atoms. The molecule has 90 valence electrons. The van der Waals surface area contributed by atoms with Crippen molar-refractivity contribution >= 4 is 15.9 Å². The van der Waals surface area contributed by atoms with E-state index in [1.165, 1.54) is 11.4 Å². The van der Waals surface area contributed by atoms with E-state index in [1.54, 1.807) is 6.07 Å². The quantitative estimate of drug-likeness (QED) is 0.711. The smallest absolute Gasteiger partial charge is 0.227 e. The van der Waals surface area contributed by atoms with Crippen molar-refractivity contribution in [1.82, 2.24) is 9.62 Å². The molecule has 1 saturated heterocycles. The number of nitriles is 1. The minimum atomic E-state index is -3.52. The van der Waals surface area contributed by atoms with Gasteiger partial charge in [-0.15, -0.1) is 0 Å². The summed E-state index contributed by atoms with van der Waals surface area (Å²) in [4.78, 5) is 11.4. The fraction of sp³-hybridized carbons (Fsp3) is 0.778. The van der Waals surface area contributed by atoms with Crippen molar-refractivity contribution in [3.05, 3.63) is 0 Å². The van der Waals surface area contributed by atoms with Gasteiger partial charge >= 0.3 is 0 Å². The van der Waals surface area contributed by atoms with Crippen molar-refractivity contribution in [2.24, 2.45) is 5.92 Å². The number of amides is 1. The van der Waals surface area contributed by atoms with E-state index in [4.69, 9.17) is 5.26 Å². The lowest BCUT2D eigenvalue weighted by Crippen LogP contribution is -2.45. The first-order valence-corrected chi connectivity index (χ1v) is 6.68. The van der Waals surface area contributed by atoms with Crippen molar-refractivity contribution in [1.29, 1.82) is 5.26 Å². The Bertz CT molecular complexity index is 399. The third-order valence-electron chi connectivity index (χ3n) is 2.64. The summed E-state index contributed by atoms with van der Waals surface area (Å²) in [5.41, 5.74) is 0. The van der Waals surface area contributed by atoms with Crippen molar-refractivity contribution < 1.29 is 13.2 Å². The van der Waals surface area contributed by atoms with Gasteiger partial charge in [0.1, 0.15) is 0 Å². The topological polar surface area (TPSA) is 90.3 Å². The van der Waals surface area contributed by atoms with Crippen LogP contribution in [0.4, 0.5) is 0 Å². The van der Waals surface area contributed by atoms with Gasteiger partial charge in [0.15, 0.2) is 5.75 Å². The Balaban J connectivity index is 2.71. The number of sulfonamides is 1. The van der Waals surface area contributed by atoms with Crippen molar-refractivity contribution in [2.75, 3.05) is 25.9 Å². The Hall–Kier alpha value is -1.13. The van der Waals surface area contributed by atoms with Crippen LogP contribution in [0.5, 0.6) is 0 Å². The molecule has 7 heteroatoms. The zero-order valence-corrected chi connectivity index (χ0v) is 9.96. The summed E-state index contributed by atoms with van der Waals surface area (Å²) in [5, 5.41) is 10.9. The molecule has 0 aromatic rings. The molecule has 16 heavy (non-hydrogen) atoms. The molecule has 0 saturated carbocycles. The molecule has 0 radical (unpaired) electrons. The highest BCUT2D eigenvalue weighted by Crippen LogP contribution is 2.19. The molecule has 0 bridgehead atoms. The number of hydrogen-bond donors (Lipinski definition) is 1. The third-order valence-corrected chi connectivity index (χ3v) is 4.25. The second-order valence-corrected chi connectivity index (χ2v) is 5.69. The normalized spacial score (nSPS) is 22.4. The van der Waals surface area contributed by atoms with Crippen LogP contribution >= 0.6 is 0 Å². The zero-order valence-electron chi connectivity index (χ0n) is 9.14. The van der Waals surface area contributed by atoms with Crippen LogP contribution in [0.1, 0.15) is 12.8 Å². The van der Waals surface area contributed by atoms with Crippen molar-refractivity contribution in [3.63, 3.8) is 0 Å². The predicted molar refractivity (Wildman–Crippen MR) is 57.8 cm³/mol. The Morgan fingerprint density at radius 3 is 2.88 bits per heavy atom. The molecule has 1 rings (SSSR count). The number of rotatable bonds is 3. The highest BCUT2D eigenvalue weighted by Gasteiger charge is 2.31. The van der Waals surface area contributed by atoms with E-state index in [-0.39, 0.29) is 18.4 Å². The summed E-state index contributed by atoms with van der Waals surface area (Å²) >= 11 is 0. The van der Waals surface area contributed by atoms with Gasteiger partial charge in [0.25, 0.3) is 0 Å². The van der Waals surface area contributed by atoms with E-state index in [1.807, 2.05) is 0 Å². The summed E-state index contributed by atoms with van der Waals surface area (Å²) in [6.45, 7) is 0.585. The first-order valence-electron chi connectivity index (χ1n) is 5.07. The minimum Gasteiger partial charge on any atom is -0.359 e. The van der Waals surface area contributed by atoms with Gasteiger partial charge in [-0.2, -0.15) is 5.26 Å². The Labute approximate surface area is 95.3 Å². The van der Waals surface area contributed by atoms with Gasteiger partial charge in [-0.25, -0.2) is 12.7 Å². The van der Waals surface area contributed by atoms with E-state index < -0.39 is 15.8 Å². The highest BCUT2D eigenvalue weighted by molar-refractivity contribution is 7.89. The Morgan fingerprint density at radius 1 is 1.62 bits per heavy atom. The number of nitrogens with zero attached hydrogens (tertiary/aromatic N) is 2. The highest BCUT2D eigenvalue weighted by atomic mass is 32.2. The second-order valence-electron chi connectivity index (χ2n) is 3.73. The Morgan fingerprint density at radius 2 is 2.31 bits per heavy atom. The number of hydrogen-bond acceptors (Lipinski definition) is 4. The van der Waals surface area contributed by atoms with Crippen LogP contribution in [0.15, 0.2) is 0 Å². The second kappa shape index (κ2) is 5.27. The lowest BCUT2D eigenvalue weighted by atomic mass is 9.99. The summed E-state index contributed by atoms with van der Waals surface area (Å²) in [6, 6.07) is 1.63. The fourth-order valence-corrected chi connectivity index (χ4v) is 2.95. The van der Waals surface area contributed by atoms with Crippen molar-refractivity contribution in [2.45, 2.75) is 12.8 Å². The van der Waals surface area contributed by atoms with Gasteiger partial charge < -0.3 is 5.32 Å². The van der Waals surface area contributed by atoms with E-state index in [9.17, 15) is 13.2 Å². The average molecular weight is 245 g/mol. The number of carbonyl (C=O) groups is 1. The van der Waals surface area contributed by atoms with Crippen LogP contribution < -0.4 is 5.32 Å². The number of nitrogens with one attached hydrogen (secondary N) is 1. The van der Waals surface area contributed by atoms with Crippen molar-refractivity contribution in [3.8, 4) is 6.07 Å². The maximum absolute atomic E-state index is 11.6. The predicted octanol–water partition coefficient (Wildman–Crippen LogP) is -0.702. The molecule has 1 atom stereocenters. The van der Waals surface area contributed by atoms with Gasteiger partial charge in [-0.05, 0) is 12.8 Å². The SMILES string of the molecule is CNC(=O)C1CCCN(S(=O)(=O)CC#N)C1. The van der Waals surface area contributed by atoms with Gasteiger partial charge in [0.2, 0.25) is 15.9 Å². The lowest BCUT2D eigenvalue weighted by molar-refractivity contribution is -0.125. The molecule has 1 fully saturated rings. The van der Waals surface area contributed by atoms with Crippen LogP contribution in [0.2, 0.25) is 0 Å². The van der Waals surface area contributed by atoms with Crippen LogP contribution in [-0.2, 0) is 14.8 Å². The molecule has 1 amide bonds. The molecule has 1 aliphatic rings. The van der Waals surface area contributed by atoms with Crippen LogP contribution in [0.25, 0.3) is 0 Å². The molecule has 6 nitrogen and oxygen atoms in total. The van der Waals surface area contributed by atoms with E-state index >= 15 is 0 Å². The first kappa shape index (κ1) is 12.9. The maximum atomic E-state index is 11.6. The maximum Gasteiger partial charge on any atom is 0.227 e. The average Bonchev–Trinajstić information content (AvgIpc) is 2.28. The van der Waals surface area contributed by atoms with Crippen LogP contribution in [0.3, 0.4) is 0 Å². The van der Waals surface area contributed by atoms with Crippen LogP contribution in [-0.4, -0.2) is 44.5 Å². The third kappa shape index (κ3) is 2.93. The molecule has 1 unspecified atom stereocenters. The van der Waals surface area contributed by atoms with E-state index in [0.717, 1.165) is 0 Å². The molecule has 0 aromatic carbocycles. The molecular weight excluding hydrogens is 230 g/mol. The monoisotopic (exact) mass is 245 g/mol. The summed E-state index contributed by atoms with van der Waals surface area (Å²) < 4.78 is 24.5. The molecule has 0 aromatic heterocycles. The van der Waals surface area contributed by atoms with Gasteiger partial charge in [0, 0.05) is 20.1 Å². The molecule has 1 heterocycles. The molecule has 0 aliphatic carbocycles. The van der Waals surface area contributed by atoms with Crippen LogP contribution in [0, 0.1) is 17.2 Å². The largest absolute Gasteiger partial charge is 0.359 e. The molecular formula is C9H15N3O3S. The molecule has 1 N–H and O–H groups in total. The summed E-state index contributed by atoms with van der Waals surface area (Å²) in [7, 11) is -1.98. The number of carbonyl (C=O) groups excluding carboxylic acids is 1.